The Kier molecular flexibility index (Phi) is 8.28. The summed E-state index contributed by atoms with van der Waals surface area (Å²) in [6.07, 6.45) is -11.8. The lowest BCUT2D eigenvalue weighted by molar-refractivity contribution is -0.323. The van der Waals surface area contributed by atoms with Crippen molar-refractivity contribution in [2.45, 2.75) is 75.1 Å². The summed E-state index contributed by atoms with van der Waals surface area (Å²) in [4.78, 5) is 23.0. The summed E-state index contributed by atoms with van der Waals surface area (Å²) >= 11 is 0. The van der Waals surface area contributed by atoms with E-state index in [0.29, 0.717) is 0 Å². The molecule has 2 fully saturated rings. The predicted octanol–water partition coefficient (Wildman–Crippen LogP) is -5.11. The quantitative estimate of drug-likeness (QED) is 0.202. The van der Waals surface area contributed by atoms with Gasteiger partial charge in [0, 0.05) is 13.8 Å². The highest BCUT2D eigenvalue weighted by Crippen LogP contribution is 2.28. The molecule has 0 radical (unpaired) electrons. The van der Waals surface area contributed by atoms with Crippen molar-refractivity contribution in [1.82, 2.24) is 10.6 Å². The lowest BCUT2D eigenvalue weighted by atomic mass is 9.94. The van der Waals surface area contributed by atoms with Crippen molar-refractivity contribution in [1.29, 1.82) is 0 Å². The van der Waals surface area contributed by atoms with E-state index in [1.165, 1.54) is 0 Å². The van der Waals surface area contributed by atoms with Crippen LogP contribution in [0.5, 0.6) is 0 Å². The molecule has 13 heteroatoms. The van der Waals surface area contributed by atoms with Crippen molar-refractivity contribution in [2.24, 2.45) is 0 Å². The first-order chi connectivity index (χ1) is 13.6. The monoisotopic (exact) mass is 424 g/mol. The van der Waals surface area contributed by atoms with Crippen molar-refractivity contribution in [3.05, 3.63) is 0 Å². The summed E-state index contributed by atoms with van der Waals surface area (Å²) in [6.45, 7) is 0.959. The van der Waals surface area contributed by atoms with Gasteiger partial charge in [-0.15, -0.1) is 0 Å². The van der Waals surface area contributed by atoms with Crippen LogP contribution in [0.15, 0.2) is 0 Å². The molecule has 13 nitrogen and oxygen atoms in total. The van der Waals surface area contributed by atoms with Gasteiger partial charge in [0.2, 0.25) is 11.8 Å². The first kappa shape index (κ1) is 23.9. The minimum atomic E-state index is -1.66. The van der Waals surface area contributed by atoms with E-state index in [9.17, 15) is 40.2 Å². The topological polar surface area (TPSA) is 207 Å². The van der Waals surface area contributed by atoms with E-state index in [2.05, 4.69) is 10.6 Å². The van der Waals surface area contributed by atoms with Gasteiger partial charge in [0.05, 0.1) is 13.2 Å². The fraction of sp³-hybridized carbons (Fsp3) is 0.875. The van der Waals surface area contributed by atoms with Gasteiger partial charge in [-0.2, -0.15) is 0 Å². The van der Waals surface area contributed by atoms with Gasteiger partial charge in [-0.3, -0.25) is 9.59 Å². The highest BCUT2D eigenvalue weighted by molar-refractivity contribution is 5.73. The fourth-order valence-electron chi connectivity index (χ4n) is 3.38. The number of carbonyl (C=O) groups excluding carboxylic acids is 2. The number of carbonyl (C=O) groups is 2. The van der Waals surface area contributed by atoms with Crippen molar-refractivity contribution < 1.29 is 54.4 Å². The van der Waals surface area contributed by atoms with Crippen LogP contribution in [0.1, 0.15) is 13.8 Å². The SMILES string of the molecule is CC(=O)N[C@@H]1[C@@H](O[C@H]2O[C@H](CO)[C@@H](O)[C@H](O)[C@H]2NC(C)=O)[C@H](O)[C@@H](CO)O[C@H]1O. The number of rotatable bonds is 6. The molecule has 0 bridgehead atoms. The summed E-state index contributed by atoms with van der Waals surface area (Å²) < 4.78 is 16.2. The summed E-state index contributed by atoms with van der Waals surface area (Å²) in [6, 6.07) is -2.59. The second kappa shape index (κ2) is 10.1. The zero-order chi connectivity index (χ0) is 21.9. The molecule has 0 aromatic rings. The lowest BCUT2D eigenvalue weighted by Crippen LogP contribution is -2.69. The number of amides is 2. The van der Waals surface area contributed by atoms with Crippen LogP contribution in [0.4, 0.5) is 0 Å². The molecular weight excluding hydrogens is 396 g/mol. The molecule has 10 atom stereocenters. The summed E-state index contributed by atoms with van der Waals surface area (Å²) in [5.41, 5.74) is 0. The number of nitrogens with one attached hydrogen (secondary N) is 2. The minimum Gasteiger partial charge on any atom is -0.394 e. The Morgan fingerprint density at radius 1 is 0.828 bits per heavy atom. The molecule has 2 aliphatic rings. The van der Waals surface area contributed by atoms with Crippen LogP contribution in [0, 0.1) is 0 Å². The van der Waals surface area contributed by atoms with Gasteiger partial charge in [0.15, 0.2) is 12.6 Å². The number of ether oxygens (including phenoxy) is 3. The van der Waals surface area contributed by atoms with E-state index >= 15 is 0 Å². The summed E-state index contributed by atoms with van der Waals surface area (Å²) in [7, 11) is 0. The van der Waals surface area contributed by atoms with E-state index < -0.39 is 86.3 Å². The molecule has 2 rings (SSSR count). The molecule has 0 aliphatic carbocycles. The molecule has 0 aromatic heterocycles. The fourth-order valence-corrected chi connectivity index (χ4v) is 3.38. The number of hydrogen-bond donors (Lipinski definition) is 8. The second-order valence-corrected chi connectivity index (χ2v) is 7.00. The third-order valence-corrected chi connectivity index (χ3v) is 4.78. The smallest absolute Gasteiger partial charge is 0.217 e. The average Bonchev–Trinajstić information content (AvgIpc) is 2.65. The van der Waals surface area contributed by atoms with E-state index in [0.717, 1.165) is 13.8 Å². The van der Waals surface area contributed by atoms with Gasteiger partial charge >= 0.3 is 0 Å². The molecule has 29 heavy (non-hydrogen) atoms. The Bertz CT molecular complexity index is 579. The van der Waals surface area contributed by atoms with Crippen LogP contribution in [-0.4, -0.2) is 117 Å². The van der Waals surface area contributed by atoms with E-state index in [4.69, 9.17) is 14.2 Å². The van der Waals surface area contributed by atoms with Gasteiger partial charge < -0.3 is 55.5 Å². The molecule has 2 saturated heterocycles. The first-order valence-electron chi connectivity index (χ1n) is 9.05. The Morgan fingerprint density at radius 2 is 1.34 bits per heavy atom. The number of aliphatic hydroxyl groups is 6. The Balaban J connectivity index is 2.31. The van der Waals surface area contributed by atoms with Crippen LogP contribution in [0.2, 0.25) is 0 Å². The largest absolute Gasteiger partial charge is 0.394 e. The van der Waals surface area contributed by atoms with Crippen molar-refractivity contribution in [2.75, 3.05) is 13.2 Å². The Hall–Kier alpha value is -1.42. The second-order valence-electron chi connectivity index (χ2n) is 7.00. The maximum Gasteiger partial charge on any atom is 0.217 e. The molecule has 0 spiro atoms. The third-order valence-electron chi connectivity index (χ3n) is 4.78. The van der Waals surface area contributed by atoms with Crippen molar-refractivity contribution in [3.63, 3.8) is 0 Å². The van der Waals surface area contributed by atoms with Gasteiger partial charge in [-0.1, -0.05) is 0 Å². The minimum absolute atomic E-state index is 0.576. The molecule has 168 valence electrons. The normalized spacial score (nSPS) is 42.9. The lowest BCUT2D eigenvalue weighted by Gasteiger charge is -2.47. The van der Waals surface area contributed by atoms with Crippen LogP contribution in [-0.2, 0) is 23.8 Å². The summed E-state index contributed by atoms with van der Waals surface area (Å²) in [5, 5.41) is 64.5. The predicted molar refractivity (Wildman–Crippen MR) is 91.8 cm³/mol. The molecular formula is C16H28N2O11. The van der Waals surface area contributed by atoms with Crippen molar-refractivity contribution in [3.8, 4) is 0 Å². The first-order valence-corrected chi connectivity index (χ1v) is 9.05. The molecule has 0 aromatic carbocycles. The maximum atomic E-state index is 11.5. The highest BCUT2D eigenvalue weighted by Gasteiger charge is 2.51. The highest BCUT2D eigenvalue weighted by atomic mass is 16.7. The molecule has 2 amide bonds. The standard InChI is InChI=1S/C16H28N2O11/c1-5(21)17-9-13(25)11(23)7(3-19)28-16(9)29-14-10(18-6(2)22)15(26)27-8(4-20)12(14)24/h7-16,19-20,23-26H,3-4H2,1-2H3,(H,17,21)(H,18,22)/t7-,8-,9-,10-,11-,12-,13-,14-,15-,16-/m1/s1. The molecule has 0 saturated carbocycles. The zero-order valence-electron chi connectivity index (χ0n) is 15.9. The van der Waals surface area contributed by atoms with Gasteiger partial charge in [-0.05, 0) is 0 Å². The van der Waals surface area contributed by atoms with E-state index in [-0.39, 0.29) is 0 Å². The van der Waals surface area contributed by atoms with Crippen LogP contribution in [0.25, 0.3) is 0 Å². The maximum absolute atomic E-state index is 11.5. The van der Waals surface area contributed by atoms with Crippen LogP contribution in [0.3, 0.4) is 0 Å². The number of aliphatic hydroxyl groups excluding tert-OH is 6. The molecule has 2 aliphatic heterocycles. The average molecular weight is 424 g/mol. The summed E-state index contributed by atoms with van der Waals surface area (Å²) in [5.74, 6) is -1.16. The van der Waals surface area contributed by atoms with E-state index in [1.807, 2.05) is 0 Å². The zero-order valence-corrected chi connectivity index (χ0v) is 15.9. The molecule has 0 unspecified atom stereocenters. The van der Waals surface area contributed by atoms with Crippen molar-refractivity contribution >= 4 is 11.8 Å². The third kappa shape index (κ3) is 5.39. The number of hydrogen-bond acceptors (Lipinski definition) is 11. The Morgan fingerprint density at radius 3 is 1.86 bits per heavy atom. The Labute approximate surface area is 166 Å². The van der Waals surface area contributed by atoms with Gasteiger partial charge in [-0.25, -0.2) is 0 Å². The molecule has 2 heterocycles. The van der Waals surface area contributed by atoms with Crippen LogP contribution < -0.4 is 10.6 Å². The van der Waals surface area contributed by atoms with Crippen LogP contribution >= 0.6 is 0 Å². The van der Waals surface area contributed by atoms with Gasteiger partial charge in [0.1, 0.15) is 48.7 Å². The van der Waals surface area contributed by atoms with Gasteiger partial charge in [0.25, 0.3) is 0 Å². The molecule has 8 N–H and O–H groups in total. The van der Waals surface area contributed by atoms with E-state index in [1.54, 1.807) is 0 Å².